The molecule has 3 unspecified atom stereocenters. The Morgan fingerprint density at radius 2 is 2.00 bits per heavy atom. The van der Waals surface area contributed by atoms with Gasteiger partial charge in [-0.2, -0.15) is 0 Å². The minimum Gasteiger partial charge on any atom is -0.399 e. The Bertz CT molecular complexity index is 470. The minimum absolute atomic E-state index is 0.0317. The molecule has 2 rings (SSSR count). The molecule has 1 aliphatic rings. The highest BCUT2D eigenvalue weighted by molar-refractivity contribution is 5.96. The van der Waals surface area contributed by atoms with E-state index in [4.69, 9.17) is 5.73 Å². The van der Waals surface area contributed by atoms with Gasteiger partial charge in [-0.15, -0.1) is 0 Å². The van der Waals surface area contributed by atoms with E-state index in [0.717, 1.165) is 29.9 Å². The molecule has 0 radical (unpaired) electrons. The molecule has 3 nitrogen and oxygen atoms in total. The van der Waals surface area contributed by atoms with Gasteiger partial charge in [0.05, 0.1) is 0 Å². The highest BCUT2D eigenvalue weighted by atomic mass is 16.1. The van der Waals surface area contributed by atoms with Crippen molar-refractivity contribution in [3.05, 3.63) is 29.3 Å². The summed E-state index contributed by atoms with van der Waals surface area (Å²) >= 11 is 0. The summed E-state index contributed by atoms with van der Waals surface area (Å²) in [5.74, 6) is 1.49. The van der Waals surface area contributed by atoms with Gasteiger partial charge in [0, 0.05) is 17.3 Å². The topological polar surface area (TPSA) is 55.1 Å². The maximum atomic E-state index is 12.3. The fraction of sp³-hybridized carbons (Fsp3) is 0.562. The first kappa shape index (κ1) is 13.9. The molecule has 3 N–H and O–H groups in total. The number of hydrogen-bond donors (Lipinski definition) is 2. The molecule has 0 spiro atoms. The van der Waals surface area contributed by atoms with Crippen LogP contribution in [0.1, 0.15) is 49.0 Å². The van der Waals surface area contributed by atoms with Crippen LogP contribution in [0.4, 0.5) is 5.69 Å². The molecule has 1 fully saturated rings. The van der Waals surface area contributed by atoms with Crippen molar-refractivity contribution in [1.82, 2.24) is 5.32 Å². The van der Waals surface area contributed by atoms with Gasteiger partial charge in [-0.05, 0) is 61.8 Å². The lowest BCUT2D eigenvalue weighted by Crippen LogP contribution is -2.40. The number of carbonyl (C=O) groups excluding carboxylic acids is 1. The average Bonchev–Trinajstić information content (AvgIpc) is 2.33. The summed E-state index contributed by atoms with van der Waals surface area (Å²) in [7, 11) is 0. The molecule has 0 aromatic heterocycles. The Balaban J connectivity index is 2.01. The summed E-state index contributed by atoms with van der Waals surface area (Å²) < 4.78 is 0. The SMILES string of the molecule is Cc1cc(N)ccc1C(=O)NC1CCC(C)C(C)C1. The van der Waals surface area contributed by atoms with E-state index in [9.17, 15) is 4.79 Å². The van der Waals surface area contributed by atoms with Gasteiger partial charge in [0.1, 0.15) is 0 Å². The number of nitrogens with two attached hydrogens (primary N) is 1. The third kappa shape index (κ3) is 3.28. The summed E-state index contributed by atoms with van der Waals surface area (Å²) in [6.07, 6.45) is 3.37. The molecule has 1 aromatic rings. The maximum Gasteiger partial charge on any atom is 0.251 e. The zero-order chi connectivity index (χ0) is 14.0. The summed E-state index contributed by atoms with van der Waals surface area (Å²) in [5.41, 5.74) is 8.09. The lowest BCUT2D eigenvalue weighted by atomic mass is 9.79. The molecule has 3 heteroatoms. The number of nitrogens with one attached hydrogen (secondary N) is 1. The van der Waals surface area contributed by atoms with Gasteiger partial charge in [-0.3, -0.25) is 4.79 Å². The van der Waals surface area contributed by atoms with Crippen LogP contribution >= 0.6 is 0 Å². The van der Waals surface area contributed by atoms with Crippen LogP contribution in [0.3, 0.4) is 0 Å². The van der Waals surface area contributed by atoms with Crippen molar-refractivity contribution in [3.63, 3.8) is 0 Å². The van der Waals surface area contributed by atoms with Crippen LogP contribution < -0.4 is 11.1 Å². The monoisotopic (exact) mass is 260 g/mol. The second kappa shape index (κ2) is 5.64. The summed E-state index contributed by atoms with van der Waals surface area (Å²) in [6.45, 7) is 6.50. The first-order valence-electron chi connectivity index (χ1n) is 7.14. The van der Waals surface area contributed by atoms with Crippen molar-refractivity contribution >= 4 is 11.6 Å². The third-order valence-electron chi connectivity index (χ3n) is 4.43. The molecule has 1 aliphatic carbocycles. The van der Waals surface area contributed by atoms with E-state index in [0.29, 0.717) is 17.6 Å². The second-order valence-corrected chi connectivity index (χ2v) is 6.01. The largest absolute Gasteiger partial charge is 0.399 e. The van der Waals surface area contributed by atoms with Crippen LogP contribution in [0.5, 0.6) is 0 Å². The Labute approximate surface area is 115 Å². The molecule has 19 heavy (non-hydrogen) atoms. The molecule has 1 amide bonds. The summed E-state index contributed by atoms with van der Waals surface area (Å²) in [6, 6.07) is 5.76. The van der Waals surface area contributed by atoms with E-state index in [2.05, 4.69) is 19.2 Å². The lowest BCUT2D eigenvalue weighted by molar-refractivity contribution is 0.0910. The first-order chi connectivity index (χ1) is 8.97. The van der Waals surface area contributed by atoms with Crippen molar-refractivity contribution in [2.45, 2.75) is 46.1 Å². The number of nitrogen functional groups attached to an aromatic ring is 1. The zero-order valence-corrected chi connectivity index (χ0v) is 12.1. The van der Waals surface area contributed by atoms with Crippen molar-refractivity contribution in [2.24, 2.45) is 11.8 Å². The van der Waals surface area contributed by atoms with Crippen LogP contribution in [-0.2, 0) is 0 Å². The van der Waals surface area contributed by atoms with Gasteiger partial charge < -0.3 is 11.1 Å². The van der Waals surface area contributed by atoms with Crippen LogP contribution in [0.2, 0.25) is 0 Å². The molecular weight excluding hydrogens is 236 g/mol. The molecule has 104 valence electrons. The normalized spacial score (nSPS) is 27.0. The first-order valence-corrected chi connectivity index (χ1v) is 7.14. The molecule has 3 atom stereocenters. The molecule has 1 saturated carbocycles. The van der Waals surface area contributed by atoms with E-state index in [1.807, 2.05) is 19.1 Å². The Morgan fingerprint density at radius 1 is 1.26 bits per heavy atom. The Kier molecular flexibility index (Phi) is 4.13. The Hall–Kier alpha value is -1.51. The molecule has 0 heterocycles. The molecular formula is C16H24N2O. The number of rotatable bonds is 2. The molecule has 0 aliphatic heterocycles. The van der Waals surface area contributed by atoms with E-state index in [-0.39, 0.29) is 5.91 Å². The van der Waals surface area contributed by atoms with Crippen molar-refractivity contribution in [2.75, 3.05) is 5.73 Å². The van der Waals surface area contributed by atoms with Crippen molar-refractivity contribution < 1.29 is 4.79 Å². The van der Waals surface area contributed by atoms with Crippen molar-refractivity contribution in [3.8, 4) is 0 Å². The molecule has 0 bridgehead atoms. The number of benzene rings is 1. The third-order valence-corrected chi connectivity index (χ3v) is 4.43. The quantitative estimate of drug-likeness (QED) is 0.803. The van der Waals surface area contributed by atoms with E-state index >= 15 is 0 Å². The molecule has 1 aromatic carbocycles. The van der Waals surface area contributed by atoms with Gasteiger partial charge >= 0.3 is 0 Å². The van der Waals surface area contributed by atoms with E-state index < -0.39 is 0 Å². The highest BCUT2D eigenvalue weighted by Crippen LogP contribution is 2.29. The van der Waals surface area contributed by atoms with E-state index in [1.54, 1.807) is 6.07 Å². The number of anilines is 1. The fourth-order valence-electron chi connectivity index (χ4n) is 2.88. The second-order valence-electron chi connectivity index (χ2n) is 6.01. The predicted molar refractivity (Wildman–Crippen MR) is 79.0 cm³/mol. The standard InChI is InChI=1S/C16H24N2O/c1-10-4-6-14(9-11(10)2)18-16(19)15-7-5-13(17)8-12(15)3/h5,7-8,10-11,14H,4,6,9,17H2,1-3H3,(H,18,19). The van der Waals surface area contributed by atoms with Gasteiger partial charge in [-0.25, -0.2) is 0 Å². The Morgan fingerprint density at radius 3 is 2.63 bits per heavy atom. The number of carbonyl (C=O) groups is 1. The zero-order valence-electron chi connectivity index (χ0n) is 12.1. The number of aryl methyl sites for hydroxylation is 1. The summed E-state index contributed by atoms with van der Waals surface area (Å²) in [4.78, 5) is 12.3. The van der Waals surface area contributed by atoms with Crippen molar-refractivity contribution in [1.29, 1.82) is 0 Å². The van der Waals surface area contributed by atoms with Crippen LogP contribution in [0.15, 0.2) is 18.2 Å². The predicted octanol–water partition coefficient (Wildman–Crippen LogP) is 3.13. The number of hydrogen-bond acceptors (Lipinski definition) is 2. The van der Waals surface area contributed by atoms with Gasteiger partial charge in [-0.1, -0.05) is 13.8 Å². The van der Waals surface area contributed by atoms with Gasteiger partial charge in [0.2, 0.25) is 0 Å². The number of amides is 1. The highest BCUT2D eigenvalue weighted by Gasteiger charge is 2.26. The van der Waals surface area contributed by atoms with Crippen LogP contribution in [0.25, 0.3) is 0 Å². The smallest absolute Gasteiger partial charge is 0.251 e. The average molecular weight is 260 g/mol. The summed E-state index contributed by atoms with van der Waals surface area (Å²) in [5, 5.41) is 3.17. The fourth-order valence-corrected chi connectivity index (χ4v) is 2.88. The lowest BCUT2D eigenvalue weighted by Gasteiger charge is -2.32. The maximum absolute atomic E-state index is 12.3. The van der Waals surface area contributed by atoms with Crippen LogP contribution in [0, 0.1) is 18.8 Å². The van der Waals surface area contributed by atoms with Crippen LogP contribution in [-0.4, -0.2) is 11.9 Å². The minimum atomic E-state index is 0.0317. The molecule has 0 saturated heterocycles. The van der Waals surface area contributed by atoms with E-state index in [1.165, 1.54) is 6.42 Å². The van der Waals surface area contributed by atoms with Gasteiger partial charge in [0.25, 0.3) is 5.91 Å². The van der Waals surface area contributed by atoms with Gasteiger partial charge in [0.15, 0.2) is 0 Å².